The van der Waals surface area contributed by atoms with Crippen molar-refractivity contribution in [2.45, 2.75) is 56.2 Å². The summed E-state index contributed by atoms with van der Waals surface area (Å²) in [6.07, 6.45) is 3.90. The first-order chi connectivity index (χ1) is 10.7. The molecule has 0 spiro atoms. The molecule has 0 saturated carbocycles. The fourth-order valence-corrected chi connectivity index (χ4v) is 3.68. The van der Waals surface area contributed by atoms with E-state index in [0.717, 1.165) is 19.3 Å². The Hall–Kier alpha value is -1.55. The number of hydrogen-bond donors (Lipinski definition) is 0. The van der Waals surface area contributed by atoms with E-state index in [-0.39, 0.29) is 17.5 Å². The summed E-state index contributed by atoms with van der Waals surface area (Å²) in [5.41, 5.74) is -4.92. The molecule has 0 aromatic heterocycles. The molecule has 3 nitrogen and oxygen atoms in total. The number of nitriles is 1. The van der Waals surface area contributed by atoms with Crippen LogP contribution in [0.2, 0.25) is 0 Å². The van der Waals surface area contributed by atoms with Gasteiger partial charge in [-0.1, -0.05) is 51.2 Å². The van der Waals surface area contributed by atoms with Crippen molar-refractivity contribution in [1.82, 2.24) is 0 Å². The lowest BCUT2D eigenvalue weighted by molar-refractivity contribution is -0.0446. The van der Waals surface area contributed by atoms with Crippen molar-refractivity contribution >= 4 is 9.84 Å². The maximum atomic E-state index is 12.9. The molecule has 0 radical (unpaired) electrons. The largest absolute Gasteiger partial charge is 0.498 e. The molecule has 7 heteroatoms. The van der Waals surface area contributed by atoms with Gasteiger partial charge in [-0.15, -0.1) is 0 Å². The minimum Gasteiger partial charge on any atom is -0.219 e. The molecule has 0 aliphatic rings. The third-order valence-corrected chi connectivity index (χ3v) is 5.58. The Morgan fingerprint density at radius 1 is 1.09 bits per heavy atom. The minimum absolute atomic E-state index is 0.0720. The fourth-order valence-electron chi connectivity index (χ4n) is 2.37. The average molecular weight is 347 g/mol. The lowest BCUT2D eigenvalue weighted by Gasteiger charge is -2.20. The van der Waals surface area contributed by atoms with Crippen LogP contribution in [0.25, 0.3) is 0 Å². The van der Waals surface area contributed by atoms with Crippen LogP contribution in [0.5, 0.6) is 0 Å². The van der Waals surface area contributed by atoms with Crippen molar-refractivity contribution < 1.29 is 21.6 Å². The van der Waals surface area contributed by atoms with Gasteiger partial charge in [0.25, 0.3) is 9.84 Å². The Bertz CT molecular complexity index is 631. The van der Waals surface area contributed by atoms with Gasteiger partial charge in [-0.25, -0.2) is 8.42 Å². The predicted molar refractivity (Wildman–Crippen MR) is 82.2 cm³/mol. The van der Waals surface area contributed by atoms with Crippen LogP contribution in [0.4, 0.5) is 13.2 Å². The van der Waals surface area contributed by atoms with Crippen LogP contribution < -0.4 is 0 Å². The summed E-state index contributed by atoms with van der Waals surface area (Å²) in [7, 11) is -5.29. The van der Waals surface area contributed by atoms with Crippen LogP contribution >= 0.6 is 0 Å². The van der Waals surface area contributed by atoms with E-state index in [1.807, 2.05) is 13.0 Å². The Kier molecular flexibility index (Phi) is 7.07. The number of sulfone groups is 1. The van der Waals surface area contributed by atoms with Gasteiger partial charge in [-0.3, -0.25) is 0 Å². The monoisotopic (exact) mass is 347 g/mol. The second-order valence-electron chi connectivity index (χ2n) is 5.42. The summed E-state index contributed by atoms with van der Waals surface area (Å²) >= 11 is 0. The Balaban J connectivity index is 2.99. The van der Waals surface area contributed by atoms with E-state index in [0.29, 0.717) is 12.8 Å². The van der Waals surface area contributed by atoms with E-state index >= 15 is 0 Å². The van der Waals surface area contributed by atoms with Gasteiger partial charge in [0.1, 0.15) is 0 Å². The second kappa shape index (κ2) is 8.34. The molecular formula is C16H20F3NO2S. The summed E-state index contributed by atoms with van der Waals surface area (Å²) in [6.45, 7) is 2.02. The first-order valence-corrected chi connectivity index (χ1v) is 9.09. The third-order valence-electron chi connectivity index (χ3n) is 3.68. The third kappa shape index (κ3) is 5.24. The first-order valence-electron chi connectivity index (χ1n) is 7.54. The second-order valence-corrected chi connectivity index (χ2v) is 7.54. The fraction of sp³-hybridized carbons (Fsp3) is 0.562. The summed E-state index contributed by atoms with van der Waals surface area (Å²) in [4.78, 5) is 0. The van der Waals surface area contributed by atoms with E-state index in [4.69, 9.17) is 5.26 Å². The van der Waals surface area contributed by atoms with Crippen LogP contribution in [0.15, 0.2) is 24.3 Å². The summed E-state index contributed by atoms with van der Waals surface area (Å²) in [6, 6.07) is 7.11. The van der Waals surface area contributed by atoms with E-state index in [2.05, 4.69) is 0 Å². The molecule has 0 amide bonds. The topological polar surface area (TPSA) is 57.9 Å². The van der Waals surface area contributed by atoms with Crippen LogP contribution in [0, 0.1) is 11.3 Å². The van der Waals surface area contributed by atoms with Gasteiger partial charge in [0.05, 0.1) is 16.9 Å². The number of nitrogens with zero attached hydrogens (tertiary/aromatic N) is 1. The van der Waals surface area contributed by atoms with Crippen molar-refractivity contribution in [2.75, 3.05) is 0 Å². The number of alkyl halides is 3. The van der Waals surface area contributed by atoms with E-state index in [1.54, 1.807) is 0 Å². The Labute approximate surface area is 135 Å². The van der Waals surface area contributed by atoms with Crippen LogP contribution in [-0.4, -0.2) is 13.9 Å². The van der Waals surface area contributed by atoms with Crippen molar-refractivity contribution in [2.24, 2.45) is 0 Å². The SMILES string of the molecule is CCCCCCCC(c1ccc(C#N)cc1)S(=O)(=O)C(F)(F)F. The van der Waals surface area contributed by atoms with E-state index in [1.165, 1.54) is 24.3 Å². The van der Waals surface area contributed by atoms with Gasteiger partial charge < -0.3 is 0 Å². The average Bonchev–Trinajstić information content (AvgIpc) is 2.50. The van der Waals surface area contributed by atoms with Gasteiger partial charge >= 0.3 is 5.51 Å². The molecule has 1 aromatic rings. The molecule has 0 aliphatic carbocycles. The highest BCUT2D eigenvalue weighted by Gasteiger charge is 2.50. The van der Waals surface area contributed by atoms with Gasteiger partial charge in [0.2, 0.25) is 0 Å². The standard InChI is InChI=1S/C16H20F3NO2S/c1-2-3-4-5-6-7-15(23(21,22)16(17,18)19)14-10-8-13(12-20)9-11-14/h8-11,15H,2-7H2,1H3. The molecule has 0 aliphatic heterocycles. The maximum absolute atomic E-state index is 12.9. The minimum atomic E-state index is -5.29. The molecule has 1 rings (SSSR count). The number of rotatable bonds is 8. The van der Waals surface area contributed by atoms with Crippen LogP contribution in [0.3, 0.4) is 0 Å². The number of benzene rings is 1. The highest BCUT2D eigenvalue weighted by Crippen LogP contribution is 2.38. The maximum Gasteiger partial charge on any atom is 0.498 e. The van der Waals surface area contributed by atoms with Crippen LogP contribution in [0.1, 0.15) is 61.8 Å². The summed E-state index contributed by atoms with van der Waals surface area (Å²) < 4.78 is 62.4. The molecule has 23 heavy (non-hydrogen) atoms. The van der Waals surface area contributed by atoms with E-state index in [9.17, 15) is 21.6 Å². The van der Waals surface area contributed by atoms with Crippen LogP contribution in [-0.2, 0) is 9.84 Å². The Morgan fingerprint density at radius 2 is 1.65 bits per heavy atom. The molecule has 0 heterocycles. The highest BCUT2D eigenvalue weighted by atomic mass is 32.2. The smallest absolute Gasteiger partial charge is 0.219 e. The van der Waals surface area contributed by atoms with Crippen molar-refractivity contribution in [3.63, 3.8) is 0 Å². The Morgan fingerprint density at radius 3 is 2.13 bits per heavy atom. The molecule has 0 bridgehead atoms. The number of halogens is 3. The number of unbranched alkanes of at least 4 members (excludes halogenated alkanes) is 4. The van der Waals surface area contributed by atoms with Gasteiger partial charge in [0, 0.05) is 0 Å². The van der Waals surface area contributed by atoms with E-state index < -0.39 is 20.6 Å². The number of hydrogen-bond acceptors (Lipinski definition) is 3. The molecule has 0 fully saturated rings. The van der Waals surface area contributed by atoms with Crippen molar-refractivity contribution in [1.29, 1.82) is 5.26 Å². The zero-order chi connectivity index (χ0) is 17.5. The van der Waals surface area contributed by atoms with Gasteiger partial charge in [0.15, 0.2) is 0 Å². The molecule has 0 saturated heterocycles. The lowest BCUT2D eigenvalue weighted by Crippen LogP contribution is -2.29. The highest BCUT2D eigenvalue weighted by molar-refractivity contribution is 7.92. The molecular weight excluding hydrogens is 327 g/mol. The zero-order valence-electron chi connectivity index (χ0n) is 12.9. The molecule has 0 N–H and O–H groups in total. The molecule has 1 unspecified atom stereocenters. The van der Waals surface area contributed by atoms with Crippen molar-refractivity contribution in [3.05, 3.63) is 35.4 Å². The van der Waals surface area contributed by atoms with Gasteiger partial charge in [-0.2, -0.15) is 18.4 Å². The predicted octanol–water partition coefficient (Wildman–Crippen LogP) is 4.89. The molecule has 1 aromatic carbocycles. The summed E-state index contributed by atoms with van der Waals surface area (Å²) in [5, 5.41) is 7.12. The van der Waals surface area contributed by atoms with Crippen molar-refractivity contribution in [3.8, 4) is 6.07 Å². The lowest BCUT2D eigenvalue weighted by atomic mass is 10.0. The quantitative estimate of drug-likeness (QED) is 0.629. The zero-order valence-corrected chi connectivity index (χ0v) is 13.8. The van der Waals surface area contributed by atoms with Gasteiger partial charge in [-0.05, 0) is 24.1 Å². The molecule has 128 valence electrons. The first kappa shape index (κ1) is 19.5. The normalized spacial score (nSPS) is 13.5. The molecule has 1 atom stereocenters. The summed E-state index contributed by atoms with van der Waals surface area (Å²) in [5.74, 6) is 0.